The summed E-state index contributed by atoms with van der Waals surface area (Å²) >= 11 is 6.22. The lowest BCUT2D eigenvalue weighted by atomic mass is 9.97. The quantitative estimate of drug-likeness (QED) is 0.802. The standard InChI is InChI=1S/C14H18ClNO/c1-10-9-12(17)7-8-16(10)11(2)13-5-3-4-6-14(13)15/h3-6,10-11H,7-9H2,1-2H3. The van der Waals surface area contributed by atoms with Gasteiger partial charge in [0.1, 0.15) is 5.78 Å². The van der Waals surface area contributed by atoms with Gasteiger partial charge in [-0.1, -0.05) is 29.8 Å². The highest BCUT2D eigenvalue weighted by Crippen LogP contribution is 2.30. The van der Waals surface area contributed by atoms with Gasteiger partial charge >= 0.3 is 0 Å². The molecular formula is C14H18ClNO. The summed E-state index contributed by atoms with van der Waals surface area (Å²) in [5.41, 5.74) is 1.15. The van der Waals surface area contributed by atoms with Crippen molar-refractivity contribution in [1.29, 1.82) is 0 Å². The van der Waals surface area contributed by atoms with Gasteiger partial charge in [0.2, 0.25) is 0 Å². The minimum atomic E-state index is 0.270. The van der Waals surface area contributed by atoms with Crippen LogP contribution in [-0.4, -0.2) is 23.3 Å². The molecule has 0 radical (unpaired) electrons. The monoisotopic (exact) mass is 251 g/mol. The molecule has 1 aliphatic rings. The first-order valence-corrected chi connectivity index (χ1v) is 6.49. The first kappa shape index (κ1) is 12.6. The van der Waals surface area contributed by atoms with Crippen molar-refractivity contribution in [2.75, 3.05) is 6.54 Å². The molecule has 92 valence electrons. The molecule has 17 heavy (non-hydrogen) atoms. The molecule has 1 fully saturated rings. The van der Waals surface area contributed by atoms with Gasteiger partial charge in [-0.3, -0.25) is 9.69 Å². The fourth-order valence-corrected chi connectivity index (χ4v) is 2.88. The minimum absolute atomic E-state index is 0.270. The van der Waals surface area contributed by atoms with Gasteiger partial charge in [-0.05, 0) is 25.5 Å². The molecule has 2 unspecified atom stereocenters. The third-order valence-corrected chi connectivity index (χ3v) is 3.94. The van der Waals surface area contributed by atoms with Crippen LogP contribution in [0.1, 0.15) is 38.3 Å². The van der Waals surface area contributed by atoms with Crippen LogP contribution in [0, 0.1) is 0 Å². The molecule has 1 saturated heterocycles. The fourth-order valence-electron chi connectivity index (χ4n) is 2.59. The van der Waals surface area contributed by atoms with E-state index in [1.54, 1.807) is 0 Å². The SMILES string of the molecule is CC1CC(=O)CCN1C(C)c1ccccc1Cl. The van der Waals surface area contributed by atoms with Gasteiger partial charge in [-0.15, -0.1) is 0 Å². The Balaban J connectivity index is 2.17. The Bertz CT molecular complexity index is 418. The van der Waals surface area contributed by atoms with E-state index in [4.69, 9.17) is 11.6 Å². The number of Topliss-reactive ketones (excluding diaryl/α,β-unsaturated/α-hetero) is 1. The van der Waals surface area contributed by atoms with Gasteiger partial charge in [-0.2, -0.15) is 0 Å². The summed E-state index contributed by atoms with van der Waals surface area (Å²) in [6, 6.07) is 8.52. The summed E-state index contributed by atoms with van der Waals surface area (Å²) in [5, 5.41) is 0.809. The van der Waals surface area contributed by atoms with Crippen LogP contribution in [0.4, 0.5) is 0 Å². The van der Waals surface area contributed by atoms with Crippen molar-refractivity contribution in [3.8, 4) is 0 Å². The maximum atomic E-state index is 11.4. The number of carbonyl (C=O) groups excluding carboxylic acids is 1. The molecular weight excluding hydrogens is 234 g/mol. The van der Waals surface area contributed by atoms with Gasteiger partial charge in [0.15, 0.2) is 0 Å². The van der Waals surface area contributed by atoms with Gasteiger partial charge < -0.3 is 0 Å². The highest BCUT2D eigenvalue weighted by atomic mass is 35.5. The van der Waals surface area contributed by atoms with Gasteiger partial charge in [-0.25, -0.2) is 0 Å². The van der Waals surface area contributed by atoms with Crippen LogP contribution in [0.2, 0.25) is 5.02 Å². The number of carbonyl (C=O) groups is 1. The van der Waals surface area contributed by atoms with E-state index in [0.29, 0.717) is 24.7 Å². The van der Waals surface area contributed by atoms with Crippen LogP contribution in [0.15, 0.2) is 24.3 Å². The molecule has 1 aliphatic heterocycles. The maximum absolute atomic E-state index is 11.4. The molecule has 1 aromatic carbocycles. The normalized spacial score (nSPS) is 23.7. The van der Waals surface area contributed by atoms with Crippen LogP contribution >= 0.6 is 11.6 Å². The summed E-state index contributed by atoms with van der Waals surface area (Å²) in [6.07, 6.45) is 1.33. The summed E-state index contributed by atoms with van der Waals surface area (Å²) in [4.78, 5) is 13.8. The van der Waals surface area contributed by atoms with Crippen molar-refractivity contribution < 1.29 is 4.79 Å². The van der Waals surface area contributed by atoms with E-state index in [1.807, 2.05) is 18.2 Å². The molecule has 1 aromatic rings. The molecule has 0 aliphatic carbocycles. The Morgan fingerprint density at radius 2 is 2.12 bits per heavy atom. The Kier molecular flexibility index (Phi) is 3.85. The average molecular weight is 252 g/mol. The zero-order chi connectivity index (χ0) is 12.4. The minimum Gasteiger partial charge on any atom is -0.300 e. The molecule has 0 spiro atoms. The van der Waals surface area contributed by atoms with Crippen molar-refractivity contribution in [2.45, 2.75) is 38.8 Å². The molecule has 0 aromatic heterocycles. The van der Waals surface area contributed by atoms with E-state index < -0.39 is 0 Å². The van der Waals surface area contributed by atoms with Crippen molar-refractivity contribution >= 4 is 17.4 Å². The van der Waals surface area contributed by atoms with Gasteiger partial charge in [0.25, 0.3) is 0 Å². The predicted molar refractivity (Wildman–Crippen MR) is 70.3 cm³/mol. The highest BCUT2D eigenvalue weighted by Gasteiger charge is 2.28. The lowest BCUT2D eigenvalue weighted by molar-refractivity contribution is -0.123. The number of nitrogens with zero attached hydrogens (tertiary/aromatic N) is 1. The summed E-state index contributed by atoms with van der Waals surface area (Å²) in [7, 11) is 0. The lowest BCUT2D eigenvalue weighted by Crippen LogP contribution is -2.42. The fraction of sp³-hybridized carbons (Fsp3) is 0.500. The number of hydrogen-bond donors (Lipinski definition) is 0. The number of likely N-dealkylation sites (tertiary alicyclic amines) is 1. The molecule has 2 atom stereocenters. The lowest BCUT2D eigenvalue weighted by Gasteiger charge is -2.37. The van der Waals surface area contributed by atoms with Gasteiger partial charge in [0, 0.05) is 36.5 Å². The molecule has 2 rings (SSSR count). The molecule has 0 N–H and O–H groups in total. The first-order chi connectivity index (χ1) is 8.09. The second kappa shape index (κ2) is 5.19. The van der Waals surface area contributed by atoms with Crippen LogP contribution in [-0.2, 0) is 4.79 Å². The number of rotatable bonds is 2. The average Bonchev–Trinajstić information content (AvgIpc) is 2.29. The summed E-state index contributed by atoms with van der Waals surface area (Å²) < 4.78 is 0. The molecule has 0 saturated carbocycles. The van der Waals surface area contributed by atoms with Crippen molar-refractivity contribution in [3.05, 3.63) is 34.9 Å². The third-order valence-electron chi connectivity index (χ3n) is 3.59. The Morgan fingerprint density at radius 1 is 1.41 bits per heavy atom. The number of hydrogen-bond acceptors (Lipinski definition) is 2. The zero-order valence-electron chi connectivity index (χ0n) is 10.3. The largest absolute Gasteiger partial charge is 0.300 e. The van der Waals surface area contributed by atoms with E-state index in [1.165, 1.54) is 0 Å². The van der Waals surface area contributed by atoms with E-state index in [0.717, 1.165) is 17.1 Å². The topological polar surface area (TPSA) is 20.3 Å². The van der Waals surface area contributed by atoms with Crippen molar-refractivity contribution in [3.63, 3.8) is 0 Å². The third kappa shape index (κ3) is 2.70. The number of benzene rings is 1. The van der Waals surface area contributed by atoms with Crippen LogP contribution < -0.4 is 0 Å². The molecule has 1 heterocycles. The number of piperidine rings is 1. The van der Waals surface area contributed by atoms with Crippen molar-refractivity contribution in [1.82, 2.24) is 4.90 Å². The second-order valence-electron chi connectivity index (χ2n) is 4.78. The van der Waals surface area contributed by atoms with Crippen LogP contribution in [0.3, 0.4) is 0 Å². The smallest absolute Gasteiger partial charge is 0.135 e. The van der Waals surface area contributed by atoms with Gasteiger partial charge in [0.05, 0.1) is 0 Å². The molecule has 3 heteroatoms. The highest BCUT2D eigenvalue weighted by molar-refractivity contribution is 6.31. The Labute approximate surface area is 108 Å². The summed E-state index contributed by atoms with van der Waals surface area (Å²) in [6.45, 7) is 5.12. The number of halogens is 1. The van der Waals surface area contributed by atoms with E-state index in [9.17, 15) is 4.79 Å². The maximum Gasteiger partial charge on any atom is 0.135 e. The van der Waals surface area contributed by atoms with E-state index in [2.05, 4.69) is 24.8 Å². The number of ketones is 1. The zero-order valence-corrected chi connectivity index (χ0v) is 11.1. The van der Waals surface area contributed by atoms with Crippen LogP contribution in [0.5, 0.6) is 0 Å². The van der Waals surface area contributed by atoms with E-state index >= 15 is 0 Å². The second-order valence-corrected chi connectivity index (χ2v) is 5.18. The molecule has 2 nitrogen and oxygen atoms in total. The molecule has 0 bridgehead atoms. The predicted octanol–water partition coefficient (Wildman–Crippen LogP) is 3.45. The Morgan fingerprint density at radius 3 is 2.76 bits per heavy atom. The Hall–Kier alpha value is -0.860. The summed E-state index contributed by atoms with van der Waals surface area (Å²) in [5.74, 6) is 0.375. The van der Waals surface area contributed by atoms with E-state index in [-0.39, 0.29) is 6.04 Å². The molecule has 0 amide bonds. The van der Waals surface area contributed by atoms with Crippen LogP contribution in [0.25, 0.3) is 0 Å². The first-order valence-electron chi connectivity index (χ1n) is 6.11. The van der Waals surface area contributed by atoms with Crippen molar-refractivity contribution in [2.24, 2.45) is 0 Å².